The molecule has 0 aliphatic heterocycles. The van der Waals surface area contributed by atoms with Crippen molar-refractivity contribution < 1.29 is 17.9 Å². The molecule has 0 aliphatic rings. The zero-order valence-electron chi connectivity index (χ0n) is 16.5. The second-order valence-electron chi connectivity index (χ2n) is 6.57. The molecule has 1 amide bonds. The molecule has 0 saturated carbocycles. The number of aryl methyl sites for hydroxylation is 1. The van der Waals surface area contributed by atoms with Crippen LogP contribution in [-0.4, -0.2) is 36.7 Å². The summed E-state index contributed by atoms with van der Waals surface area (Å²) in [5, 5.41) is 2.47. The molecule has 2 aromatic carbocycles. The Balaban J connectivity index is 1.76. The molecular formula is C21H23N3O4S. The van der Waals surface area contributed by atoms with Gasteiger partial charge in [-0.1, -0.05) is 19.1 Å². The first kappa shape index (κ1) is 20.6. The average molecular weight is 413 g/mol. The highest BCUT2D eigenvalue weighted by Gasteiger charge is 2.25. The van der Waals surface area contributed by atoms with Gasteiger partial charge in [0.15, 0.2) is 0 Å². The van der Waals surface area contributed by atoms with E-state index in [2.05, 4.69) is 10.3 Å². The van der Waals surface area contributed by atoms with Crippen LogP contribution in [0.3, 0.4) is 0 Å². The highest BCUT2D eigenvalue weighted by molar-refractivity contribution is 7.92. The van der Waals surface area contributed by atoms with Crippen molar-refractivity contribution in [2.75, 3.05) is 18.2 Å². The van der Waals surface area contributed by atoms with Crippen LogP contribution >= 0.6 is 0 Å². The van der Waals surface area contributed by atoms with Crippen molar-refractivity contribution in [3.8, 4) is 17.0 Å². The van der Waals surface area contributed by atoms with E-state index in [1.165, 1.54) is 10.8 Å². The van der Waals surface area contributed by atoms with Gasteiger partial charge in [-0.2, -0.15) is 0 Å². The van der Waals surface area contributed by atoms with Crippen LogP contribution in [0.2, 0.25) is 0 Å². The molecule has 0 aliphatic carbocycles. The summed E-state index contributed by atoms with van der Waals surface area (Å²) in [4.78, 5) is 16.3. The van der Waals surface area contributed by atoms with Gasteiger partial charge < -0.3 is 14.6 Å². The topological polar surface area (TPSA) is 90.3 Å². The maximum Gasteiger partial charge on any atom is 0.240 e. The van der Waals surface area contributed by atoms with Gasteiger partial charge in [0, 0.05) is 18.3 Å². The summed E-state index contributed by atoms with van der Waals surface area (Å²) in [6.07, 6.45) is 2.37. The molecule has 1 N–H and O–H groups in total. The molecule has 8 heteroatoms. The SMILES string of the molecule is CCc1ccc(NC(=O)CS(=O)(=O)c2ncc(-c3ccc(OC)cc3)n2C)cc1. The van der Waals surface area contributed by atoms with E-state index in [0.29, 0.717) is 17.1 Å². The van der Waals surface area contributed by atoms with Crippen LogP contribution < -0.4 is 10.1 Å². The van der Waals surface area contributed by atoms with Crippen molar-refractivity contribution in [3.05, 3.63) is 60.3 Å². The van der Waals surface area contributed by atoms with Gasteiger partial charge in [-0.3, -0.25) is 4.79 Å². The number of imidazole rings is 1. The van der Waals surface area contributed by atoms with Gasteiger partial charge in [-0.15, -0.1) is 0 Å². The highest BCUT2D eigenvalue weighted by atomic mass is 32.2. The highest BCUT2D eigenvalue weighted by Crippen LogP contribution is 2.24. The lowest BCUT2D eigenvalue weighted by molar-refractivity contribution is -0.113. The normalized spacial score (nSPS) is 11.3. The molecule has 0 atom stereocenters. The smallest absolute Gasteiger partial charge is 0.240 e. The van der Waals surface area contributed by atoms with E-state index < -0.39 is 21.5 Å². The number of amides is 1. The third-order valence-electron chi connectivity index (χ3n) is 4.58. The van der Waals surface area contributed by atoms with Crippen LogP contribution in [0.4, 0.5) is 5.69 Å². The van der Waals surface area contributed by atoms with Gasteiger partial charge in [-0.25, -0.2) is 13.4 Å². The van der Waals surface area contributed by atoms with Gasteiger partial charge in [-0.05, 0) is 48.4 Å². The summed E-state index contributed by atoms with van der Waals surface area (Å²) in [6, 6.07) is 14.5. The number of nitrogens with one attached hydrogen (secondary N) is 1. The zero-order valence-corrected chi connectivity index (χ0v) is 17.4. The molecule has 0 saturated heterocycles. The Bertz CT molecular complexity index is 1100. The third-order valence-corrected chi connectivity index (χ3v) is 6.15. The van der Waals surface area contributed by atoms with Gasteiger partial charge in [0.25, 0.3) is 0 Å². The van der Waals surface area contributed by atoms with Crippen LogP contribution in [0.25, 0.3) is 11.3 Å². The Hall–Kier alpha value is -3.13. The second kappa shape index (κ2) is 8.48. The molecule has 0 fully saturated rings. The van der Waals surface area contributed by atoms with Crippen molar-refractivity contribution in [1.82, 2.24) is 9.55 Å². The molecule has 7 nitrogen and oxygen atoms in total. The van der Waals surface area contributed by atoms with Crippen molar-refractivity contribution in [2.45, 2.75) is 18.5 Å². The van der Waals surface area contributed by atoms with E-state index in [9.17, 15) is 13.2 Å². The number of carbonyl (C=O) groups excluding carboxylic acids is 1. The predicted octanol–water partition coefficient (Wildman–Crippen LogP) is 3.07. The Kier molecular flexibility index (Phi) is 6.03. The lowest BCUT2D eigenvalue weighted by atomic mass is 10.1. The van der Waals surface area contributed by atoms with Crippen LogP contribution in [0.15, 0.2) is 59.9 Å². The van der Waals surface area contributed by atoms with E-state index in [1.54, 1.807) is 38.4 Å². The van der Waals surface area contributed by atoms with Gasteiger partial charge in [0.1, 0.15) is 11.5 Å². The quantitative estimate of drug-likeness (QED) is 0.643. The van der Waals surface area contributed by atoms with Crippen molar-refractivity contribution >= 4 is 21.4 Å². The lowest BCUT2D eigenvalue weighted by Gasteiger charge is -2.09. The van der Waals surface area contributed by atoms with E-state index >= 15 is 0 Å². The minimum atomic E-state index is -3.91. The first-order chi connectivity index (χ1) is 13.8. The first-order valence-corrected chi connectivity index (χ1v) is 10.8. The van der Waals surface area contributed by atoms with E-state index in [0.717, 1.165) is 17.5 Å². The standard InChI is InChI=1S/C21H23N3O4S/c1-4-15-5-9-17(10-6-15)23-20(25)14-29(26,27)21-22-13-19(24(21)2)16-7-11-18(28-3)12-8-16/h5-13H,4,14H2,1-3H3,(H,23,25). The molecule has 0 unspecified atom stereocenters. The lowest BCUT2D eigenvalue weighted by Crippen LogP contribution is -2.24. The second-order valence-corrected chi connectivity index (χ2v) is 8.45. The number of ether oxygens (including phenoxy) is 1. The number of anilines is 1. The Morgan fingerprint density at radius 1 is 1.10 bits per heavy atom. The average Bonchev–Trinajstić information content (AvgIpc) is 3.10. The van der Waals surface area contributed by atoms with Crippen LogP contribution in [-0.2, 0) is 28.1 Å². The maximum atomic E-state index is 12.7. The van der Waals surface area contributed by atoms with Crippen LogP contribution in [0, 0.1) is 0 Å². The fraction of sp³-hybridized carbons (Fsp3) is 0.238. The van der Waals surface area contributed by atoms with E-state index in [-0.39, 0.29) is 5.16 Å². The molecular weight excluding hydrogens is 390 g/mol. The molecule has 3 rings (SSSR count). The third kappa shape index (κ3) is 4.65. The Morgan fingerprint density at radius 2 is 1.76 bits per heavy atom. The van der Waals surface area contributed by atoms with Gasteiger partial charge >= 0.3 is 0 Å². The van der Waals surface area contributed by atoms with Crippen LogP contribution in [0.1, 0.15) is 12.5 Å². The number of hydrogen-bond donors (Lipinski definition) is 1. The molecule has 152 valence electrons. The summed E-state index contributed by atoms with van der Waals surface area (Å²) in [5.74, 6) is -0.592. The van der Waals surface area contributed by atoms with Gasteiger partial charge in [0.2, 0.25) is 20.9 Å². The van der Waals surface area contributed by atoms with E-state index in [4.69, 9.17) is 4.74 Å². The molecule has 3 aromatic rings. The molecule has 1 aromatic heterocycles. The number of nitrogens with zero attached hydrogens (tertiary/aromatic N) is 2. The minimum absolute atomic E-state index is 0.153. The summed E-state index contributed by atoms with van der Waals surface area (Å²) in [6.45, 7) is 2.03. The first-order valence-electron chi connectivity index (χ1n) is 9.11. The molecule has 29 heavy (non-hydrogen) atoms. The fourth-order valence-electron chi connectivity index (χ4n) is 2.97. The number of methoxy groups -OCH3 is 1. The largest absolute Gasteiger partial charge is 0.497 e. The predicted molar refractivity (Wildman–Crippen MR) is 112 cm³/mol. The molecule has 1 heterocycles. The Labute approximate surface area is 170 Å². The monoisotopic (exact) mass is 413 g/mol. The minimum Gasteiger partial charge on any atom is -0.497 e. The summed E-state index contributed by atoms with van der Waals surface area (Å²) < 4.78 is 32.1. The number of aromatic nitrogens is 2. The molecule has 0 radical (unpaired) electrons. The molecule has 0 bridgehead atoms. The van der Waals surface area contributed by atoms with Gasteiger partial charge in [0.05, 0.1) is 19.0 Å². The Morgan fingerprint density at radius 3 is 2.34 bits per heavy atom. The van der Waals surface area contributed by atoms with Crippen molar-refractivity contribution in [2.24, 2.45) is 7.05 Å². The molecule has 0 spiro atoms. The number of hydrogen-bond acceptors (Lipinski definition) is 5. The summed E-state index contributed by atoms with van der Waals surface area (Å²) >= 11 is 0. The number of carbonyl (C=O) groups is 1. The summed E-state index contributed by atoms with van der Waals surface area (Å²) in [7, 11) is -0.720. The van der Waals surface area contributed by atoms with Crippen LogP contribution in [0.5, 0.6) is 5.75 Å². The fourth-order valence-corrected chi connectivity index (χ4v) is 4.24. The number of rotatable bonds is 7. The zero-order chi connectivity index (χ0) is 21.0. The van der Waals surface area contributed by atoms with Crippen molar-refractivity contribution in [3.63, 3.8) is 0 Å². The number of benzene rings is 2. The van der Waals surface area contributed by atoms with E-state index in [1.807, 2.05) is 31.2 Å². The maximum absolute atomic E-state index is 12.7. The van der Waals surface area contributed by atoms with Crippen molar-refractivity contribution in [1.29, 1.82) is 0 Å². The summed E-state index contributed by atoms with van der Waals surface area (Å²) in [5.41, 5.74) is 3.11. The number of sulfone groups is 1.